The van der Waals surface area contributed by atoms with E-state index >= 15 is 0 Å². The third-order valence-corrected chi connectivity index (χ3v) is 1.33. The standard InChI is InChI=1S/C8H15NO/c1-5-9-8(10)7(4)6(2)3/h6H,4-5H2,1-3H3,(H,9,10). The van der Waals surface area contributed by atoms with Crippen molar-refractivity contribution in [2.45, 2.75) is 20.8 Å². The van der Waals surface area contributed by atoms with Gasteiger partial charge in [0.1, 0.15) is 0 Å². The second kappa shape index (κ2) is 4.09. The molecule has 0 aromatic rings. The summed E-state index contributed by atoms with van der Waals surface area (Å²) in [5, 5.41) is 2.69. The van der Waals surface area contributed by atoms with Gasteiger partial charge in [0.15, 0.2) is 0 Å². The van der Waals surface area contributed by atoms with Crippen molar-refractivity contribution < 1.29 is 4.79 Å². The van der Waals surface area contributed by atoms with E-state index in [1.807, 2.05) is 20.8 Å². The Kier molecular flexibility index (Phi) is 3.77. The predicted molar refractivity (Wildman–Crippen MR) is 42.7 cm³/mol. The summed E-state index contributed by atoms with van der Waals surface area (Å²) in [7, 11) is 0. The van der Waals surface area contributed by atoms with Crippen molar-refractivity contribution in [3.05, 3.63) is 12.2 Å². The molecule has 0 aromatic carbocycles. The molecule has 0 unspecified atom stereocenters. The van der Waals surface area contributed by atoms with E-state index in [4.69, 9.17) is 0 Å². The number of carbonyl (C=O) groups excluding carboxylic acids is 1. The lowest BCUT2D eigenvalue weighted by molar-refractivity contribution is -0.117. The van der Waals surface area contributed by atoms with Gasteiger partial charge in [-0.2, -0.15) is 0 Å². The normalized spacial score (nSPS) is 9.60. The Morgan fingerprint density at radius 2 is 2.10 bits per heavy atom. The second-order valence-electron chi connectivity index (χ2n) is 2.54. The van der Waals surface area contributed by atoms with Crippen molar-refractivity contribution >= 4 is 5.91 Å². The number of rotatable bonds is 3. The van der Waals surface area contributed by atoms with Gasteiger partial charge in [-0.3, -0.25) is 4.79 Å². The molecule has 0 fully saturated rings. The Labute approximate surface area is 62.3 Å². The molecule has 0 rings (SSSR count). The smallest absolute Gasteiger partial charge is 0.246 e. The van der Waals surface area contributed by atoms with Crippen LogP contribution < -0.4 is 5.32 Å². The van der Waals surface area contributed by atoms with E-state index in [2.05, 4.69) is 11.9 Å². The first-order chi connectivity index (χ1) is 4.59. The molecule has 1 amide bonds. The van der Waals surface area contributed by atoms with Gasteiger partial charge in [-0.1, -0.05) is 20.4 Å². The lowest BCUT2D eigenvalue weighted by Crippen LogP contribution is -2.25. The number of nitrogens with one attached hydrogen (secondary N) is 1. The summed E-state index contributed by atoms with van der Waals surface area (Å²) in [4.78, 5) is 11.0. The van der Waals surface area contributed by atoms with Gasteiger partial charge in [0, 0.05) is 12.1 Å². The maximum Gasteiger partial charge on any atom is 0.246 e. The maximum absolute atomic E-state index is 11.0. The Morgan fingerprint density at radius 3 is 2.40 bits per heavy atom. The first-order valence-corrected chi connectivity index (χ1v) is 3.56. The van der Waals surface area contributed by atoms with Crippen LogP contribution in [0.25, 0.3) is 0 Å². The third kappa shape index (κ3) is 2.67. The lowest BCUT2D eigenvalue weighted by Gasteiger charge is -2.07. The molecular formula is C8H15NO. The molecule has 0 aromatic heterocycles. The van der Waals surface area contributed by atoms with Gasteiger partial charge >= 0.3 is 0 Å². The van der Waals surface area contributed by atoms with Crippen molar-refractivity contribution in [1.82, 2.24) is 5.32 Å². The molecule has 1 N–H and O–H groups in total. The lowest BCUT2D eigenvalue weighted by atomic mass is 10.1. The first-order valence-electron chi connectivity index (χ1n) is 3.56. The summed E-state index contributed by atoms with van der Waals surface area (Å²) in [5.41, 5.74) is 0.654. The topological polar surface area (TPSA) is 29.1 Å². The summed E-state index contributed by atoms with van der Waals surface area (Å²) in [6.45, 7) is 10.1. The Morgan fingerprint density at radius 1 is 1.60 bits per heavy atom. The SMILES string of the molecule is C=C(C(=O)NCC)C(C)C. The summed E-state index contributed by atoms with van der Waals surface area (Å²) >= 11 is 0. The van der Waals surface area contributed by atoms with Gasteiger partial charge in [0.25, 0.3) is 0 Å². The van der Waals surface area contributed by atoms with Crippen LogP contribution in [0, 0.1) is 5.92 Å². The average molecular weight is 141 g/mol. The van der Waals surface area contributed by atoms with Crippen molar-refractivity contribution in [3.63, 3.8) is 0 Å². The number of carbonyl (C=O) groups is 1. The molecule has 0 aliphatic carbocycles. The maximum atomic E-state index is 11.0. The van der Waals surface area contributed by atoms with Crippen LogP contribution in [0.1, 0.15) is 20.8 Å². The largest absolute Gasteiger partial charge is 0.353 e. The van der Waals surface area contributed by atoms with Crippen LogP contribution >= 0.6 is 0 Å². The zero-order valence-corrected chi connectivity index (χ0v) is 6.90. The molecular weight excluding hydrogens is 126 g/mol. The number of likely N-dealkylation sites (N-methyl/N-ethyl adjacent to an activating group) is 1. The van der Waals surface area contributed by atoms with Crippen LogP contribution in [-0.2, 0) is 4.79 Å². The third-order valence-electron chi connectivity index (χ3n) is 1.33. The van der Waals surface area contributed by atoms with Gasteiger partial charge in [-0.15, -0.1) is 0 Å². The van der Waals surface area contributed by atoms with E-state index in [0.29, 0.717) is 12.1 Å². The van der Waals surface area contributed by atoms with Crippen LogP contribution in [0.4, 0.5) is 0 Å². The van der Waals surface area contributed by atoms with Gasteiger partial charge in [0.05, 0.1) is 0 Å². The van der Waals surface area contributed by atoms with Crippen molar-refractivity contribution in [2.75, 3.05) is 6.54 Å². The fourth-order valence-electron chi connectivity index (χ4n) is 0.536. The molecule has 0 bridgehead atoms. The van der Waals surface area contributed by atoms with Crippen LogP contribution in [0.15, 0.2) is 12.2 Å². The van der Waals surface area contributed by atoms with E-state index in [0.717, 1.165) is 0 Å². The van der Waals surface area contributed by atoms with E-state index in [-0.39, 0.29) is 11.8 Å². The Balaban J connectivity index is 3.83. The summed E-state index contributed by atoms with van der Waals surface area (Å²) < 4.78 is 0. The van der Waals surface area contributed by atoms with E-state index < -0.39 is 0 Å². The van der Waals surface area contributed by atoms with Crippen molar-refractivity contribution in [1.29, 1.82) is 0 Å². The predicted octanol–water partition coefficient (Wildman–Crippen LogP) is 1.33. The van der Waals surface area contributed by atoms with Gasteiger partial charge in [-0.05, 0) is 12.8 Å². The average Bonchev–Trinajstić information content (AvgIpc) is 1.87. The molecule has 0 saturated carbocycles. The molecule has 0 saturated heterocycles. The minimum Gasteiger partial charge on any atom is -0.353 e. The number of hydrogen-bond donors (Lipinski definition) is 1. The first kappa shape index (κ1) is 9.21. The molecule has 10 heavy (non-hydrogen) atoms. The molecule has 0 spiro atoms. The molecule has 2 heteroatoms. The molecule has 0 heterocycles. The fraction of sp³-hybridized carbons (Fsp3) is 0.625. The van der Waals surface area contributed by atoms with Gasteiger partial charge in [0.2, 0.25) is 5.91 Å². The van der Waals surface area contributed by atoms with Crippen LogP contribution in [0.5, 0.6) is 0 Å². The minimum absolute atomic E-state index is 0.0301. The molecule has 0 atom stereocenters. The summed E-state index contributed by atoms with van der Waals surface area (Å²) in [6, 6.07) is 0. The molecule has 0 radical (unpaired) electrons. The minimum atomic E-state index is -0.0301. The number of hydrogen-bond acceptors (Lipinski definition) is 1. The number of amides is 1. The second-order valence-corrected chi connectivity index (χ2v) is 2.54. The molecule has 2 nitrogen and oxygen atoms in total. The van der Waals surface area contributed by atoms with Crippen LogP contribution in [-0.4, -0.2) is 12.5 Å². The van der Waals surface area contributed by atoms with Crippen molar-refractivity contribution in [2.24, 2.45) is 5.92 Å². The van der Waals surface area contributed by atoms with Crippen molar-refractivity contribution in [3.8, 4) is 0 Å². The summed E-state index contributed by atoms with van der Waals surface area (Å²) in [5.74, 6) is 0.212. The quantitative estimate of drug-likeness (QED) is 0.590. The zero-order chi connectivity index (χ0) is 8.15. The fourth-order valence-corrected chi connectivity index (χ4v) is 0.536. The van der Waals surface area contributed by atoms with Crippen LogP contribution in [0.3, 0.4) is 0 Å². The van der Waals surface area contributed by atoms with E-state index in [9.17, 15) is 4.79 Å². The monoisotopic (exact) mass is 141 g/mol. The van der Waals surface area contributed by atoms with Gasteiger partial charge < -0.3 is 5.32 Å². The van der Waals surface area contributed by atoms with E-state index in [1.54, 1.807) is 0 Å². The molecule has 0 aliphatic rings. The molecule has 0 aliphatic heterocycles. The summed E-state index contributed by atoms with van der Waals surface area (Å²) in [6.07, 6.45) is 0. The highest BCUT2D eigenvalue weighted by Crippen LogP contribution is 2.05. The van der Waals surface area contributed by atoms with Gasteiger partial charge in [-0.25, -0.2) is 0 Å². The highest BCUT2D eigenvalue weighted by molar-refractivity contribution is 5.93. The molecule has 58 valence electrons. The highest BCUT2D eigenvalue weighted by Gasteiger charge is 2.07. The van der Waals surface area contributed by atoms with Crippen LogP contribution in [0.2, 0.25) is 0 Å². The Hall–Kier alpha value is -0.790. The highest BCUT2D eigenvalue weighted by atomic mass is 16.1. The van der Waals surface area contributed by atoms with E-state index in [1.165, 1.54) is 0 Å². The Bertz CT molecular complexity index is 138. The zero-order valence-electron chi connectivity index (χ0n) is 6.90.